The first-order valence-corrected chi connectivity index (χ1v) is 18.3. The van der Waals surface area contributed by atoms with Crippen LogP contribution in [0.25, 0.3) is 44.6 Å². The van der Waals surface area contributed by atoms with Crippen molar-refractivity contribution in [2.45, 2.75) is 0 Å². The SMILES string of the molecule is c1ccc(N2c3ccccc3B3c4c2cc(N(c2ccccn2)c2ccccn2)cc4-n2c4c3cccc4c3c4nccnc4n(-c4ccccn4)c32)cc1. The molecule has 0 saturated carbocycles. The summed E-state index contributed by atoms with van der Waals surface area (Å²) < 4.78 is 4.60. The molecule has 2 aliphatic rings. The molecule has 10 aromatic rings. The van der Waals surface area contributed by atoms with Crippen LogP contribution in [0.5, 0.6) is 0 Å². The van der Waals surface area contributed by atoms with Gasteiger partial charge in [0.25, 0.3) is 6.71 Å². The summed E-state index contributed by atoms with van der Waals surface area (Å²) in [6.45, 7) is -0.0378. The Bertz CT molecular complexity index is 3070. The number of nitrogens with zero attached hydrogens (tertiary/aromatic N) is 9. The van der Waals surface area contributed by atoms with Gasteiger partial charge in [-0.3, -0.25) is 19.0 Å². The van der Waals surface area contributed by atoms with Gasteiger partial charge in [0.2, 0.25) is 0 Å². The van der Waals surface area contributed by atoms with Crippen LogP contribution >= 0.6 is 0 Å². The van der Waals surface area contributed by atoms with E-state index in [2.05, 4.69) is 104 Å². The highest BCUT2D eigenvalue weighted by Gasteiger charge is 2.43. The van der Waals surface area contributed by atoms with Crippen LogP contribution in [0.15, 0.2) is 171 Å². The Morgan fingerprint density at radius 3 is 1.96 bits per heavy atom. The minimum Gasteiger partial charge on any atom is -0.311 e. The zero-order valence-electron chi connectivity index (χ0n) is 29.3. The van der Waals surface area contributed by atoms with Gasteiger partial charge in [0.1, 0.15) is 28.6 Å². The second kappa shape index (κ2) is 11.5. The summed E-state index contributed by atoms with van der Waals surface area (Å²) in [5, 5.41) is 2.17. The number of fused-ring (bicyclic) bond motifs is 9. The van der Waals surface area contributed by atoms with Gasteiger partial charge in [-0.25, -0.2) is 19.9 Å². The van der Waals surface area contributed by atoms with E-state index < -0.39 is 0 Å². The van der Waals surface area contributed by atoms with Gasteiger partial charge in [-0.15, -0.1) is 0 Å². The predicted octanol–water partition coefficient (Wildman–Crippen LogP) is 7.79. The van der Waals surface area contributed by atoms with Crippen molar-refractivity contribution in [1.29, 1.82) is 0 Å². The fourth-order valence-electron chi connectivity index (χ4n) is 8.89. The van der Waals surface area contributed by atoms with Gasteiger partial charge in [0.05, 0.1) is 16.6 Å². The molecule has 55 heavy (non-hydrogen) atoms. The molecule has 0 radical (unpaired) electrons. The second-order valence-electron chi connectivity index (χ2n) is 13.8. The van der Waals surface area contributed by atoms with Gasteiger partial charge in [-0.05, 0) is 83.1 Å². The molecule has 8 heterocycles. The highest BCUT2D eigenvalue weighted by molar-refractivity contribution is 7.00. The number of anilines is 6. The molecule has 6 aromatic heterocycles. The maximum atomic E-state index is 4.98. The second-order valence-corrected chi connectivity index (χ2v) is 13.8. The van der Waals surface area contributed by atoms with Crippen molar-refractivity contribution in [3.05, 3.63) is 171 Å². The Morgan fingerprint density at radius 1 is 0.509 bits per heavy atom. The van der Waals surface area contributed by atoms with Crippen LogP contribution in [0.4, 0.5) is 34.4 Å². The molecule has 2 aliphatic heterocycles. The lowest BCUT2D eigenvalue weighted by atomic mass is 9.34. The van der Waals surface area contributed by atoms with E-state index in [0.29, 0.717) is 0 Å². The summed E-state index contributed by atoms with van der Waals surface area (Å²) in [6.07, 6.45) is 9.03. The summed E-state index contributed by atoms with van der Waals surface area (Å²) in [5.74, 6) is 2.31. The molecule has 0 atom stereocenters. The average Bonchev–Trinajstić information content (AvgIpc) is 3.77. The molecule has 0 spiro atoms. The molecule has 0 bridgehead atoms. The third-order valence-electron chi connectivity index (χ3n) is 10.9. The fraction of sp³-hybridized carbons (Fsp3) is 0. The fourth-order valence-corrected chi connectivity index (χ4v) is 8.89. The molecule has 12 rings (SSSR count). The average molecular weight is 706 g/mol. The standard InChI is InChI=1S/C45H28BN9/c1-2-13-29(14-3-1)52-34-18-5-4-16-32(34)46-33-17-12-15-31-40-42-44(51-26-25-50-42)55(39-21-8-11-24-49-39)45(40)54(43(31)33)36-28-30(27-35(52)41(36)46)53(37-19-6-9-22-47-37)38-20-7-10-23-48-38/h1-28H. The van der Waals surface area contributed by atoms with E-state index in [1.807, 2.05) is 73.2 Å². The predicted molar refractivity (Wildman–Crippen MR) is 221 cm³/mol. The monoisotopic (exact) mass is 705 g/mol. The zero-order chi connectivity index (χ0) is 36.0. The lowest BCUT2D eigenvalue weighted by Gasteiger charge is -2.41. The van der Waals surface area contributed by atoms with Gasteiger partial charge in [-0.2, -0.15) is 0 Å². The molecular weight excluding hydrogens is 677 g/mol. The maximum Gasteiger partial charge on any atom is 0.252 e. The molecule has 0 aliphatic carbocycles. The Labute approximate surface area is 315 Å². The first-order chi connectivity index (χ1) is 27.3. The Balaban J connectivity index is 1.29. The van der Waals surface area contributed by atoms with Crippen molar-refractivity contribution in [3.8, 4) is 11.5 Å². The van der Waals surface area contributed by atoms with Gasteiger partial charge in [0, 0.05) is 59.1 Å². The Kier molecular flexibility index (Phi) is 6.24. The number of para-hydroxylation sites is 3. The summed E-state index contributed by atoms with van der Waals surface area (Å²) >= 11 is 0. The lowest BCUT2D eigenvalue weighted by Crippen LogP contribution is -2.60. The number of pyridine rings is 3. The van der Waals surface area contributed by atoms with Crippen molar-refractivity contribution in [2.24, 2.45) is 0 Å². The summed E-state index contributed by atoms with van der Waals surface area (Å²) in [4.78, 5) is 29.1. The molecule has 0 unspecified atom stereocenters. The highest BCUT2D eigenvalue weighted by atomic mass is 15.3. The third kappa shape index (κ3) is 4.16. The molecule has 0 amide bonds. The smallest absolute Gasteiger partial charge is 0.252 e. The molecule has 4 aromatic carbocycles. The zero-order valence-corrected chi connectivity index (χ0v) is 29.3. The summed E-state index contributed by atoms with van der Waals surface area (Å²) in [5.41, 5.74) is 12.7. The van der Waals surface area contributed by atoms with E-state index in [-0.39, 0.29) is 6.71 Å². The normalized spacial score (nSPS) is 12.7. The van der Waals surface area contributed by atoms with Crippen molar-refractivity contribution in [1.82, 2.24) is 34.1 Å². The molecule has 0 N–H and O–H groups in total. The number of rotatable bonds is 5. The van der Waals surface area contributed by atoms with Gasteiger partial charge >= 0.3 is 0 Å². The van der Waals surface area contributed by atoms with Crippen LogP contribution < -0.4 is 26.2 Å². The van der Waals surface area contributed by atoms with Crippen molar-refractivity contribution >= 4 is 90.6 Å². The first-order valence-electron chi connectivity index (χ1n) is 18.3. The van der Waals surface area contributed by atoms with Crippen LogP contribution in [-0.2, 0) is 0 Å². The number of aromatic nitrogens is 7. The van der Waals surface area contributed by atoms with Gasteiger partial charge in [0.15, 0.2) is 5.65 Å². The number of hydrogen-bond donors (Lipinski definition) is 0. The Hall–Kier alpha value is -7.59. The van der Waals surface area contributed by atoms with E-state index in [1.165, 1.54) is 16.4 Å². The van der Waals surface area contributed by atoms with Gasteiger partial charge in [-0.1, -0.05) is 72.8 Å². The van der Waals surface area contributed by atoms with Gasteiger partial charge < -0.3 is 4.90 Å². The van der Waals surface area contributed by atoms with E-state index in [1.54, 1.807) is 12.4 Å². The molecule has 0 fully saturated rings. The largest absolute Gasteiger partial charge is 0.311 e. The number of hydrogen-bond acceptors (Lipinski definition) is 7. The van der Waals surface area contributed by atoms with E-state index in [9.17, 15) is 0 Å². The van der Waals surface area contributed by atoms with Crippen LogP contribution in [0.1, 0.15) is 0 Å². The van der Waals surface area contributed by atoms with Crippen LogP contribution in [0, 0.1) is 0 Å². The topological polar surface area (TPSA) is 80.8 Å². The molecule has 0 saturated heterocycles. The minimum atomic E-state index is -0.0378. The van der Waals surface area contributed by atoms with Crippen molar-refractivity contribution in [3.63, 3.8) is 0 Å². The van der Waals surface area contributed by atoms with Crippen molar-refractivity contribution < 1.29 is 0 Å². The summed E-state index contributed by atoms with van der Waals surface area (Å²) in [6, 6.07) is 48.8. The summed E-state index contributed by atoms with van der Waals surface area (Å²) in [7, 11) is 0. The van der Waals surface area contributed by atoms with Crippen LogP contribution in [0.3, 0.4) is 0 Å². The van der Waals surface area contributed by atoms with Crippen LogP contribution in [-0.4, -0.2) is 40.8 Å². The molecule has 9 nitrogen and oxygen atoms in total. The minimum absolute atomic E-state index is 0.0378. The van der Waals surface area contributed by atoms with Crippen molar-refractivity contribution in [2.75, 3.05) is 9.80 Å². The van der Waals surface area contributed by atoms with E-state index in [0.717, 1.165) is 79.0 Å². The Morgan fingerprint density at radius 2 is 1.20 bits per heavy atom. The quantitative estimate of drug-likeness (QED) is 0.169. The molecular formula is C45H28BN9. The highest BCUT2D eigenvalue weighted by Crippen LogP contribution is 2.46. The molecule has 10 heteroatoms. The maximum absolute atomic E-state index is 4.98. The first kappa shape index (κ1) is 29.9. The molecule has 256 valence electrons. The van der Waals surface area contributed by atoms with E-state index >= 15 is 0 Å². The lowest BCUT2D eigenvalue weighted by molar-refractivity contribution is 1.00. The van der Waals surface area contributed by atoms with Crippen LogP contribution in [0.2, 0.25) is 0 Å². The van der Waals surface area contributed by atoms with E-state index in [4.69, 9.17) is 24.9 Å². The third-order valence-corrected chi connectivity index (χ3v) is 10.9. The number of benzene rings is 4.